The van der Waals surface area contributed by atoms with E-state index in [1.807, 2.05) is 29.1 Å². The zero-order valence-electron chi connectivity index (χ0n) is 11.6. The van der Waals surface area contributed by atoms with Crippen LogP contribution in [0.4, 0.5) is 0 Å². The number of ether oxygens (including phenoxy) is 2. The van der Waals surface area contributed by atoms with Gasteiger partial charge in [-0.3, -0.25) is 0 Å². The maximum absolute atomic E-state index is 5.79. The second-order valence-electron chi connectivity index (χ2n) is 4.85. The van der Waals surface area contributed by atoms with Crippen molar-refractivity contribution in [2.45, 2.75) is 32.4 Å². The molecule has 4 nitrogen and oxygen atoms in total. The van der Waals surface area contributed by atoms with Crippen molar-refractivity contribution in [3.05, 3.63) is 24.4 Å². The van der Waals surface area contributed by atoms with E-state index >= 15 is 0 Å². The molecule has 0 amide bonds. The van der Waals surface area contributed by atoms with Crippen molar-refractivity contribution >= 4 is 10.9 Å². The lowest BCUT2D eigenvalue weighted by atomic mass is 10.2. The zero-order chi connectivity index (χ0) is 13.8. The summed E-state index contributed by atoms with van der Waals surface area (Å²) in [6, 6.07) is 5.99. The Kier molecular flexibility index (Phi) is 3.89. The molecule has 2 aromatic rings. The Morgan fingerprint density at radius 2 is 2.40 bits per heavy atom. The van der Waals surface area contributed by atoms with Gasteiger partial charge in [0.1, 0.15) is 12.4 Å². The number of hydrogen-bond donors (Lipinski definition) is 0. The SMILES string of the molecule is CC#CCOc1ccc2c(cnn2C2CCCCO2)c1. The topological polar surface area (TPSA) is 36.3 Å². The number of hydrogen-bond acceptors (Lipinski definition) is 3. The number of rotatable bonds is 3. The van der Waals surface area contributed by atoms with E-state index in [1.165, 1.54) is 6.42 Å². The molecular weight excluding hydrogens is 252 g/mol. The molecule has 1 aromatic carbocycles. The minimum absolute atomic E-state index is 0.0685. The van der Waals surface area contributed by atoms with Gasteiger partial charge in [0.25, 0.3) is 0 Å². The van der Waals surface area contributed by atoms with Crippen LogP contribution >= 0.6 is 0 Å². The van der Waals surface area contributed by atoms with Gasteiger partial charge in [0, 0.05) is 12.0 Å². The molecule has 0 bridgehead atoms. The van der Waals surface area contributed by atoms with Crippen LogP contribution in [-0.4, -0.2) is 23.0 Å². The fourth-order valence-electron chi connectivity index (χ4n) is 2.46. The number of aromatic nitrogens is 2. The summed E-state index contributed by atoms with van der Waals surface area (Å²) in [5.74, 6) is 6.53. The van der Waals surface area contributed by atoms with Gasteiger partial charge >= 0.3 is 0 Å². The third-order valence-corrected chi connectivity index (χ3v) is 3.48. The Morgan fingerprint density at radius 1 is 1.45 bits per heavy atom. The van der Waals surface area contributed by atoms with Crippen LogP contribution in [0.1, 0.15) is 32.4 Å². The van der Waals surface area contributed by atoms with E-state index in [-0.39, 0.29) is 6.23 Å². The molecule has 1 saturated heterocycles. The largest absolute Gasteiger partial charge is 0.481 e. The standard InChI is InChI=1S/C16H18N2O2/c1-2-3-9-19-14-7-8-15-13(11-14)12-17-18(15)16-6-4-5-10-20-16/h7-8,11-12,16H,4-6,9-10H2,1H3. The summed E-state index contributed by atoms with van der Waals surface area (Å²) in [5, 5.41) is 5.54. The second kappa shape index (κ2) is 5.98. The van der Waals surface area contributed by atoms with E-state index in [0.29, 0.717) is 6.61 Å². The molecule has 1 aliphatic rings. The average molecular weight is 270 g/mol. The highest BCUT2D eigenvalue weighted by Crippen LogP contribution is 2.27. The predicted molar refractivity (Wildman–Crippen MR) is 77.5 cm³/mol. The lowest BCUT2D eigenvalue weighted by molar-refractivity contribution is -0.0366. The molecule has 1 atom stereocenters. The lowest BCUT2D eigenvalue weighted by Crippen LogP contribution is -2.18. The summed E-state index contributed by atoms with van der Waals surface area (Å²) < 4.78 is 13.3. The van der Waals surface area contributed by atoms with Crippen molar-refractivity contribution in [1.82, 2.24) is 9.78 Å². The van der Waals surface area contributed by atoms with E-state index < -0.39 is 0 Å². The van der Waals surface area contributed by atoms with Gasteiger partial charge in [0.05, 0.1) is 11.7 Å². The van der Waals surface area contributed by atoms with Crippen LogP contribution in [-0.2, 0) is 4.74 Å². The molecule has 0 N–H and O–H groups in total. The maximum atomic E-state index is 5.79. The molecule has 1 unspecified atom stereocenters. The molecule has 2 heterocycles. The number of benzene rings is 1. The van der Waals surface area contributed by atoms with E-state index in [1.54, 1.807) is 6.92 Å². The van der Waals surface area contributed by atoms with Crippen LogP contribution in [0, 0.1) is 11.8 Å². The van der Waals surface area contributed by atoms with Crippen LogP contribution in [0.2, 0.25) is 0 Å². The molecule has 0 radical (unpaired) electrons. The zero-order valence-corrected chi connectivity index (χ0v) is 11.6. The first-order chi connectivity index (χ1) is 9.88. The molecule has 0 saturated carbocycles. The van der Waals surface area contributed by atoms with Gasteiger partial charge in [-0.2, -0.15) is 5.10 Å². The normalized spacial score (nSPS) is 18.6. The predicted octanol–water partition coefficient (Wildman–Crippen LogP) is 3.14. The molecule has 4 heteroatoms. The molecule has 3 rings (SSSR count). The van der Waals surface area contributed by atoms with Gasteiger partial charge in [-0.05, 0) is 44.4 Å². The molecule has 20 heavy (non-hydrogen) atoms. The highest BCUT2D eigenvalue weighted by Gasteiger charge is 2.18. The third kappa shape index (κ3) is 2.63. The van der Waals surface area contributed by atoms with Crippen LogP contribution in [0.3, 0.4) is 0 Å². The summed E-state index contributed by atoms with van der Waals surface area (Å²) in [7, 11) is 0. The maximum Gasteiger partial charge on any atom is 0.150 e. The quantitative estimate of drug-likeness (QED) is 0.804. The Hall–Kier alpha value is -1.99. The Labute approximate surface area is 118 Å². The van der Waals surface area contributed by atoms with Crippen molar-refractivity contribution < 1.29 is 9.47 Å². The van der Waals surface area contributed by atoms with Crippen molar-refractivity contribution in [2.24, 2.45) is 0 Å². The Balaban J connectivity index is 1.83. The van der Waals surface area contributed by atoms with Crippen LogP contribution in [0.25, 0.3) is 10.9 Å². The van der Waals surface area contributed by atoms with Crippen LogP contribution in [0.15, 0.2) is 24.4 Å². The fourth-order valence-corrected chi connectivity index (χ4v) is 2.46. The second-order valence-corrected chi connectivity index (χ2v) is 4.85. The van der Waals surface area contributed by atoms with E-state index in [2.05, 4.69) is 16.9 Å². The van der Waals surface area contributed by atoms with Gasteiger partial charge in [-0.1, -0.05) is 5.92 Å². The Bertz CT molecular complexity index is 645. The van der Waals surface area contributed by atoms with Crippen LogP contribution in [0.5, 0.6) is 5.75 Å². The molecule has 0 aliphatic carbocycles. The first-order valence-corrected chi connectivity index (χ1v) is 7.00. The molecule has 1 fully saturated rings. The lowest BCUT2D eigenvalue weighted by Gasteiger charge is -2.23. The third-order valence-electron chi connectivity index (χ3n) is 3.48. The van der Waals surface area contributed by atoms with E-state index in [4.69, 9.17) is 9.47 Å². The highest BCUT2D eigenvalue weighted by atomic mass is 16.5. The summed E-state index contributed by atoms with van der Waals surface area (Å²) in [5.41, 5.74) is 1.09. The molecular formula is C16H18N2O2. The minimum Gasteiger partial charge on any atom is -0.481 e. The Morgan fingerprint density at radius 3 is 3.20 bits per heavy atom. The van der Waals surface area contributed by atoms with Gasteiger partial charge in [0.2, 0.25) is 0 Å². The molecule has 1 aliphatic heterocycles. The first kappa shape index (κ1) is 13.0. The van der Waals surface area contributed by atoms with Crippen molar-refractivity contribution in [2.75, 3.05) is 13.2 Å². The summed E-state index contributed by atoms with van der Waals surface area (Å²) in [6.45, 7) is 3.05. The van der Waals surface area contributed by atoms with Gasteiger partial charge < -0.3 is 9.47 Å². The van der Waals surface area contributed by atoms with Gasteiger partial charge in [-0.15, -0.1) is 5.92 Å². The average Bonchev–Trinajstić information content (AvgIpc) is 2.91. The molecule has 1 aromatic heterocycles. The van der Waals surface area contributed by atoms with Gasteiger partial charge in [-0.25, -0.2) is 4.68 Å². The van der Waals surface area contributed by atoms with Gasteiger partial charge in [0.15, 0.2) is 6.23 Å². The van der Waals surface area contributed by atoms with Crippen LogP contribution < -0.4 is 4.74 Å². The smallest absolute Gasteiger partial charge is 0.150 e. The fraction of sp³-hybridized carbons (Fsp3) is 0.438. The number of nitrogens with zero attached hydrogens (tertiary/aromatic N) is 2. The number of fused-ring (bicyclic) bond motifs is 1. The first-order valence-electron chi connectivity index (χ1n) is 7.00. The summed E-state index contributed by atoms with van der Waals surface area (Å²) >= 11 is 0. The van der Waals surface area contributed by atoms with Crippen molar-refractivity contribution in [3.8, 4) is 17.6 Å². The molecule has 0 spiro atoms. The molecule has 104 valence electrons. The van der Waals surface area contributed by atoms with Crippen molar-refractivity contribution in [3.63, 3.8) is 0 Å². The monoisotopic (exact) mass is 270 g/mol. The van der Waals surface area contributed by atoms with Crippen molar-refractivity contribution in [1.29, 1.82) is 0 Å². The minimum atomic E-state index is 0.0685. The highest BCUT2D eigenvalue weighted by molar-refractivity contribution is 5.80. The summed E-state index contributed by atoms with van der Waals surface area (Å²) in [6.07, 6.45) is 5.31. The van der Waals surface area contributed by atoms with E-state index in [9.17, 15) is 0 Å². The van der Waals surface area contributed by atoms with E-state index in [0.717, 1.165) is 36.1 Å². The summed E-state index contributed by atoms with van der Waals surface area (Å²) in [4.78, 5) is 0.